The maximum Gasteiger partial charge on any atom is 0.416 e. The summed E-state index contributed by atoms with van der Waals surface area (Å²) in [5.74, 6) is -0.223. The molecule has 0 N–H and O–H groups in total. The van der Waals surface area contributed by atoms with Gasteiger partial charge in [0.05, 0.1) is 17.0 Å². The predicted molar refractivity (Wildman–Crippen MR) is 117 cm³/mol. The Hall–Kier alpha value is -2.89. The van der Waals surface area contributed by atoms with Crippen molar-refractivity contribution in [3.05, 3.63) is 82.0 Å². The number of methoxy groups -OCH3 is 1. The highest BCUT2D eigenvalue weighted by molar-refractivity contribution is 7.87. The smallest absolute Gasteiger partial charge is 0.383 e. The summed E-state index contributed by atoms with van der Waals surface area (Å²) in [7, 11) is -2.93. The number of rotatable bonds is 9. The van der Waals surface area contributed by atoms with Crippen LogP contribution >= 0.6 is 11.3 Å². The fourth-order valence-corrected chi connectivity index (χ4v) is 4.55. The first-order valence-corrected chi connectivity index (χ1v) is 11.9. The van der Waals surface area contributed by atoms with Gasteiger partial charge in [-0.05, 0) is 47.3 Å². The molecule has 1 heterocycles. The molecule has 1 aromatic heterocycles. The number of benzene rings is 2. The summed E-state index contributed by atoms with van der Waals surface area (Å²) in [6.07, 6.45) is -4.68. The molecule has 0 saturated heterocycles. The molecule has 1 amide bonds. The number of ether oxygens (including phenoxy) is 1. The van der Waals surface area contributed by atoms with Crippen LogP contribution < -0.4 is 4.18 Å². The molecule has 0 radical (unpaired) electrons. The number of halogens is 3. The fourth-order valence-electron chi connectivity index (χ4n) is 2.88. The lowest BCUT2D eigenvalue weighted by atomic mass is 10.2. The van der Waals surface area contributed by atoms with Gasteiger partial charge in [-0.1, -0.05) is 24.3 Å². The van der Waals surface area contributed by atoms with Crippen LogP contribution in [-0.2, 0) is 27.6 Å². The van der Waals surface area contributed by atoms with Crippen LogP contribution in [0.5, 0.6) is 5.75 Å². The molecular formula is C22H20F3NO5S2. The van der Waals surface area contributed by atoms with Gasteiger partial charge in [0.15, 0.2) is 0 Å². The fraction of sp³-hybridized carbons (Fsp3) is 0.227. The van der Waals surface area contributed by atoms with Gasteiger partial charge >= 0.3 is 16.3 Å². The minimum Gasteiger partial charge on any atom is -0.383 e. The number of amides is 1. The highest BCUT2D eigenvalue weighted by atomic mass is 32.2. The molecule has 0 aliphatic carbocycles. The van der Waals surface area contributed by atoms with Gasteiger partial charge in [0, 0.05) is 20.2 Å². The van der Waals surface area contributed by atoms with E-state index in [1.165, 1.54) is 30.6 Å². The second-order valence-corrected chi connectivity index (χ2v) is 9.40. The standard InChI is InChI=1S/C22H20F3NO5S2/c1-30-12-11-26(21(27)20-6-3-13-32-20)15-16-7-9-18(10-8-16)31-33(28,29)19-5-2-4-17(14-19)22(23,24)25/h2-10,13-14H,11-12,15H2,1H3. The van der Waals surface area contributed by atoms with Crippen LogP contribution in [0.3, 0.4) is 0 Å². The van der Waals surface area contributed by atoms with E-state index in [0.29, 0.717) is 29.7 Å². The molecule has 0 bridgehead atoms. The van der Waals surface area contributed by atoms with Gasteiger partial charge < -0.3 is 13.8 Å². The van der Waals surface area contributed by atoms with E-state index in [1.807, 2.05) is 0 Å². The van der Waals surface area contributed by atoms with E-state index in [9.17, 15) is 26.4 Å². The van der Waals surface area contributed by atoms with Gasteiger partial charge in [-0.3, -0.25) is 4.79 Å². The Morgan fingerprint density at radius 3 is 2.39 bits per heavy atom. The summed E-state index contributed by atoms with van der Waals surface area (Å²) >= 11 is 1.32. The summed E-state index contributed by atoms with van der Waals surface area (Å²) in [4.78, 5) is 14.3. The molecule has 6 nitrogen and oxygen atoms in total. The van der Waals surface area contributed by atoms with Gasteiger partial charge in [0.2, 0.25) is 0 Å². The molecular weight excluding hydrogens is 479 g/mol. The van der Waals surface area contributed by atoms with Crippen LogP contribution in [0.15, 0.2) is 70.9 Å². The van der Waals surface area contributed by atoms with Crippen LogP contribution in [0.25, 0.3) is 0 Å². The number of hydrogen-bond acceptors (Lipinski definition) is 6. The van der Waals surface area contributed by atoms with Crippen molar-refractivity contribution in [1.29, 1.82) is 0 Å². The minimum atomic E-state index is -4.68. The number of carbonyl (C=O) groups excluding carboxylic acids is 1. The Morgan fingerprint density at radius 2 is 1.79 bits per heavy atom. The Morgan fingerprint density at radius 1 is 1.06 bits per heavy atom. The molecule has 0 fully saturated rings. The molecule has 0 atom stereocenters. The lowest BCUT2D eigenvalue weighted by Crippen LogP contribution is -2.33. The van der Waals surface area contributed by atoms with E-state index in [-0.39, 0.29) is 18.2 Å². The number of thiophene rings is 1. The van der Waals surface area contributed by atoms with Crippen LogP contribution in [0.1, 0.15) is 20.8 Å². The molecule has 3 rings (SSSR count). The topological polar surface area (TPSA) is 72.9 Å². The molecule has 11 heteroatoms. The van der Waals surface area contributed by atoms with Crippen molar-refractivity contribution in [3.63, 3.8) is 0 Å². The normalized spacial score (nSPS) is 11.9. The summed E-state index contributed by atoms with van der Waals surface area (Å²) in [5.41, 5.74) is -0.381. The maximum atomic E-state index is 12.9. The zero-order valence-corrected chi connectivity index (χ0v) is 19.0. The Bertz CT molecular complexity index is 1180. The summed E-state index contributed by atoms with van der Waals surface area (Å²) in [5, 5.41) is 1.80. The van der Waals surface area contributed by atoms with Gasteiger partial charge in [0.1, 0.15) is 10.6 Å². The molecule has 3 aromatic rings. The molecule has 2 aromatic carbocycles. The quantitative estimate of drug-likeness (QED) is 0.395. The Balaban J connectivity index is 1.73. The second-order valence-electron chi connectivity index (χ2n) is 6.90. The van der Waals surface area contributed by atoms with Crippen molar-refractivity contribution in [2.24, 2.45) is 0 Å². The molecule has 0 spiro atoms. The molecule has 33 heavy (non-hydrogen) atoms. The third-order valence-corrected chi connectivity index (χ3v) is 6.64. The Labute approximate surface area is 193 Å². The van der Waals surface area contributed by atoms with Crippen molar-refractivity contribution in [3.8, 4) is 5.75 Å². The van der Waals surface area contributed by atoms with Crippen molar-refractivity contribution < 1.29 is 35.3 Å². The van der Waals surface area contributed by atoms with E-state index >= 15 is 0 Å². The third-order valence-electron chi connectivity index (χ3n) is 4.54. The average Bonchev–Trinajstić information content (AvgIpc) is 3.31. The van der Waals surface area contributed by atoms with Crippen LogP contribution in [0.4, 0.5) is 13.2 Å². The molecule has 0 aliphatic rings. The van der Waals surface area contributed by atoms with Crippen LogP contribution in [0, 0.1) is 0 Å². The first-order chi connectivity index (χ1) is 15.6. The van der Waals surface area contributed by atoms with Crippen molar-refractivity contribution in [2.45, 2.75) is 17.6 Å². The zero-order valence-electron chi connectivity index (χ0n) is 17.4. The monoisotopic (exact) mass is 499 g/mol. The first kappa shape index (κ1) is 24.7. The summed E-state index contributed by atoms with van der Waals surface area (Å²) in [6.45, 7) is 0.948. The number of alkyl halides is 3. The molecule has 0 unspecified atom stereocenters. The van der Waals surface area contributed by atoms with Crippen molar-refractivity contribution in [2.75, 3.05) is 20.3 Å². The summed E-state index contributed by atoms with van der Waals surface area (Å²) in [6, 6.07) is 12.8. The van der Waals surface area contributed by atoms with E-state index in [2.05, 4.69) is 0 Å². The largest absolute Gasteiger partial charge is 0.416 e. The number of nitrogens with zero attached hydrogens (tertiary/aromatic N) is 1. The van der Waals surface area contributed by atoms with E-state index < -0.39 is 26.8 Å². The Kier molecular flexibility index (Phi) is 7.77. The van der Waals surface area contributed by atoms with Crippen LogP contribution in [0.2, 0.25) is 0 Å². The number of hydrogen-bond donors (Lipinski definition) is 0. The first-order valence-electron chi connectivity index (χ1n) is 9.62. The lowest BCUT2D eigenvalue weighted by molar-refractivity contribution is -0.137. The minimum absolute atomic E-state index is 0.0656. The zero-order chi connectivity index (χ0) is 24.1. The SMILES string of the molecule is COCCN(Cc1ccc(OS(=O)(=O)c2cccc(C(F)(F)F)c2)cc1)C(=O)c1cccs1. The van der Waals surface area contributed by atoms with E-state index in [0.717, 1.165) is 18.2 Å². The predicted octanol–water partition coefficient (Wildman–Crippen LogP) is 4.82. The summed E-state index contributed by atoms with van der Waals surface area (Å²) < 4.78 is 73.6. The highest BCUT2D eigenvalue weighted by Gasteiger charge is 2.32. The highest BCUT2D eigenvalue weighted by Crippen LogP contribution is 2.31. The molecule has 176 valence electrons. The van der Waals surface area contributed by atoms with Gasteiger partial charge in [-0.25, -0.2) is 0 Å². The lowest BCUT2D eigenvalue weighted by Gasteiger charge is -2.22. The average molecular weight is 500 g/mol. The molecule has 0 aliphatic heterocycles. The van der Waals surface area contributed by atoms with Crippen LogP contribution in [-0.4, -0.2) is 39.5 Å². The van der Waals surface area contributed by atoms with Gasteiger partial charge in [-0.2, -0.15) is 21.6 Å². The van der Waals surface area contributed by atoms with Gasteiger partial charge in [-0.15, -0.1) is 11.3 Å². The van der Waals surface area contributed by atoms with Crippen molar-refractivity contribution in [1.82, 2.24) is 4.90 Å². The maximum absolute atomic E-state index is 12.9. The van der Waals surface area contributed by atoms with E-state index in [4.69, 9.17) is 8.92 Å². The third kappa shape index (κ3) is 6.56. The van der Waals surface area contributed by atoms with Crippen molar-refractivity contribution >= 4 is 27.4 Å². The molecule has 0 saturated carbocycles. The van der Waals surface area contributed by atoms with E-state index in [1.54, 1.807) is 34.5 Å². The second kappa shape index (κ2) is 10.4. The van der Waals surface area contributed by atoms with Gasteiger partial charge in [0.25, 0.3) is 5.91 Å². The number of carbonyl (C=O) groups is 1.